The third-order valence-corrected chi connectivity index (χ3v) is 4.21. The highest BCUT2D eigenvalue weighted by Gasteiger charge is 2.15. The summed E-state index contributed by atoms with van der Waals surface area (Å²) in [5, 5.41) is 10.8. The van der Waals surface area contributed by atoms with Gasteiger partial charge in [-0.05, 0) is 39.0 Å². The molecule has 0 aliphatic carbocycles. The van der Waals surface area contributed by atoms with Gasteiger partial charge in [-0.25, -0.2) is 0 Å². The normalized spacial score (nSPS) is 12.6. The number of rotatable bonds is 7. The van der Waals surface area contributed by atoms with E-state index in [1.165, 1.54) is 5.56 Å². The summed E-state index contributed by atoms with van der Waals surface area (Å²) in [5.41, 5.74) is 1.24. The summed E-state index contributed by atoms with van der Waals surface area (Å²) in [6.07, 6.45) is 7.02. The summed E-state index contributed by atoms with van der Waals surface area (Å²) >= 11 is 1.84. The van der Waals surface area contributed by atoms with Crippen LogP contribution in [-0.2, 0) is 13.5 Å². The molecule has 1 aromatic heterocycles. The lowest BCUT2D eigenvalue weighted by molar-refractivity contribution is 0.710. The van der Waals surface area contributed by atoms with Gasteiger partial charge in [-0.2, -0.15) is 16.9 Å². The first-order valence-electron chi connectivity index (χ1n) is 7.01. The monoisotopic (exact) mass is 297 g/mol. The average molecular weight is 297 g/mol. The predicted octanol–water partition coefficient (Wildman–Crippen LogP) is 1.66. The molecule has 0 fully saturated rings. The third kappa shape index (κ3) is 6.32. The molecular weight excluding hydrogens is 270 g/mol. The standard InChI is InChI=1S/C14H27N5S/c1-6-15-13(17-11-14(2,3)20-5)16-8-7-12-9-18-19(4)10-12/h9-10H,6-8,11H2,1-5H3,(H2,15,16,17). The Morgan fingerprint density at radius 1 is 1.45 bits per heavy atom. The van der Waals surface area contributed by atoms with E-state index in [1.54, 1.807) is 0 Å². The lowest BCUT2D eigenvalue weighted by Crippen LogP contribution is -2.39. The molecule has 1 rings (SSSR count). The summed E-state index contributed by atoms with van der Waals surface area (Å²) in [4.78, 5) is 4.65. The second kappa shape index (κ2) is 8.19. The summed E-state index contributed by atoms with van der Waals surface area (Å²) in [6, 6.07) is 0. The summed E-state index contributed by atoms with van der Waals surface area (Å²) in [5.74, 6) is 0.888. The number of guanidine groups is 1. The van der Waals surface area contributed by atoms with Crippen LogP contribution < -0.4 is 10.6 Å². The molecule has 0 spiro atoms. The second-order valence-corrected chi connectivity index (χ2v) is 6.87. The zero-order chi connectivity index (χ0) is 15.0. The van der Waals surface area contributed by atoms with Crippen LogP contribution in [-0.4, -0.2) is 46.4 Å². The molecule has 0 unspecified atom stereocenters. The van der Waals surface area contributed by atoms with Crippen LogP contribution in [0.25, 0.3) is 0 Å². The van der Waals surface area contributed by atoms with Gasteiger partial charge in [-0.3, -0.25) is 9.67 Å². The number of thioether (sulfide) groups is 1. The molecular formula is C14H27N5S. The number of nitrogens with one attached hydrogen (secondary N) is 2. The second-order valence-electron chi connectivity index (χ2n) is 5.36. The Morgan fingerprint density at radius 3 is 2.75 bits per heavy atom. The Labute approximate surface area is 126 Å². The van der Waals surface area contributed by atoms with Gasteiger partial charge >= 0.3 is 0 Å². The van der Waals surface area contributed by atoms with Gasteiger partial charge in [0.1, 0.15) is 0 Å². The van der Waals surface area contributed by atoms with Crippen molar-refractivity contribution in [2.75, 3.05) is 25.9 Å². The van der Waals surface area contributed by atoms with Crippen LogP contribution in [0.3, 0.4) is 0 Å². The van der Waals surface area contributed by atoms with Crippen molar-refractivity contribution in [2.45, 2.75) is 31.9 Å². The van der Waals surface area contributed by atoms with Crippen LogP contribution in [0.4, 0.5) is 0 Å². The van der Waals surface area contributed by atoms with Gasteiger partial charge in [-0.1, -0.05) is 0 Å². The zero-order valence-electron chi connectivity index (χ0n) is 13.2. The molecule has 0 saturated heterocycles. The van der Waals surface area contributed by atoms with Gasteiger partial charge in [0.2, 0.25) is 0 Å². The Bertz CT molecular complexity index is 425. The van der Waals surface area contributed by atoms with E-state index in [9.17, 15) is 0 Å². The van der Waals surface area contributed by atoms with Crippen LogP contribution in [0.1, 0.15) is 26.3 Å². The van der Waals surface area contributed by atoms with E-state index in [-0.39, 0.29) is 4.75 Å². The van der Waals surface area contributed by atoms with Gasteiger partial charge < -0.3 is 10.6 Å². The highest BCUT2D eigenvalue weighted by atomic mass is 32.2. The molecule has 0 radical (unpaired) electrons. The Balaban J connectivity index is 2.44. The highest BCUT2D eigenvalue weighted by Crippen LogP contribution is 2.20. The number of aryl methyl sites for hydroxylation is 1. The van der Waals surface area contributed by atoms with E-state index in [2.05, 4.69) is 47.8 Å². The van der Waals surface area contributed by atoms with E-state index in [0.29, 0.717) is 0 Å². The number of nitrogens with zero attached hydrogens (tertiary/aromatic N) is 3. The third-order valence-electron chi connectivity index (χ3n) is 2.98. The van der Waals surface area contributed by atoms with E-state index >= 15 is 0 Å². The fraction of sp³-hybridized carbons (Fsp3) is 0.714. The largest absolute Gasteiger partial charge is 0.357 e. The molecule has 0 aromatic carbocycles. The van der Waals surface area contributed by atoms with Crippen molar-refractivity contribution in [3.8, 4) is 0 Å². The first kappa shape index (κ1) is 16.9. The molecule has 5 nitrogen and oxygen atoms in total. The van der Waals surface area contributed by atoms with Gasteiger partial charge in [0, 0.05) is 31.1 Å². The first-order chi connectivity index (χ1) is 9.46. The zero-order valence-corrected chi connectivity index (χ0v) is 14.0. The molecule has 0 saturated carbocycles. The van der Waals surface area contributed by atoms with Crippen molar-refractivity contribution in [3.05, 3.63) is 18.0 Å². The van der Waals surface area contributed by atoms with Gasteiger partial charge in [-0.15, -0.1) is 0 Å². The minimum absolute atomic E-state index is 0.172. The fourth-order valence-corrected chi connectivity index (χ4v) is 1.80. The Hall–Kier alpha value is -1.17. The van der Waals surface area contributed by atoms with Gasteiger partial charge in [0.15, 0.2) is 5.96 Å². The quantitative estimate of drug-likeness (QED) is 0.594. The van der Waals surface area contributed by atoms with E-state index in [4.69, 9.17) is 0 Å². The molecule has 0 aliphatic heterocycles. The smallest absolute Gasteiger partial charge is 0.191 e. The lowest BCUT2D eigenvalue weighted by atomic mass is 10.2. The molecule has 0 bridgehead atoms. The summed E-state index contributed by atoms with van der Waals surface area (Å²) < 4.78 is 2.00. The molecule has 6 heteroatoms. The molecule has 114 valence electrons. The average Bonchev–Trinajstić information content (AvgIpc) is 2.82. The maximum absolute atomic E-state index is 4.65. The van der Waals surface area contributed by atoms with Crippen LogP contribution >= 0.6 is 11.8 Å². The maximum atomic E-state index is 4.65. The van der Waals surface area contributed by atoms with E-state index in [1.807, 2.05) is 35.9 Å². The van der Waals surface area contributed by atoms with Crippen LogP contribution in [0.15, 0.2) is 17.4 Å². The Morgan fingerprint density at radius 2 is 2.20 bits per heavy atom. The molecule has 0 atom stereocenters. The molecule has 1 aromatic rings. The number of hydrogen-bond donors (Lipinski definition) is 2. The topological polar surface area (TPSA) is 54.2 Å². The van der Waals surface area contributed by atoms with Crippen molar-refractivity contribution in [2.24, 2.45) is 12.0 Å². The van der Waals surface area contributed by atoms with Gasteiger partial charge in [0.05, 0.1) is 12.7 Å². The van der Waals surface area contributed by atoms with Crippen LogP contribution in [0, 0.1) is 0 Å². The van der Waals surface area contributed by atoms with Crippen molar-refractivity contribution < 1.29 is 0 Å². The van der Waals surface area contributed by atoms with Crippen molar-refractivity contribution >= 4 is 17.7 Å². The van der Waals surface area contributed by atoms with E-state index < -0.39 is 0 Å². The molecule has 2 N–H and O–H groups in total. The number of hydrogen-bond acceptors (Lipinski definition) is 3. The summed E-state index contributed by atoms with van der Waals surface area (Å²) in [6.45, 7) is 9.03. The lowest BCUT2D eigenvalue weighted by Gasteiger charge is -2.20. The van der Waals surface area contributed by atoms with E-state index in [0.717, 1.165) is 32.0 Å². The minimum Gasteiger partial charge on any atom is -0.357 e. The fourth-order valence-electron chi connectivity index (χ4n) is 1.60. The maximum Gasteiger partial charge on any atom is 0.191 e. The number of aromatic nitrogens is 2. The first-order valence-corrected chi connectivity index (χ1v) is 8.24. The molecule has 20 heavy (non-hydrogen) atoms. The predicted molar refractivity (Wildman–Crippen MR) is 88.5 cm³/mol. The van der Waals surface area contributed by atoms with Crippen molar-refractivity contribution in [1.29, 1.82) is 0 Å². The summed E-state index contributed by atoms with van der Waals surface area (Å²) in [7, 11) is 1.94. The highest BCUT2D eigenvalue weighted by molar-refractivity contribution is 7.99. The molecule has 0 amide bonds. The minimum atomic E-state index is 0.172. The van der Waals surface area contributed by atoms with Crippen LogP contribution in [0.2, 0.25) is 0 Å². The Kier molecular flexibility index (Phi) is 6.91. The van der Waals surface area contributed by atoms with Gasteiger partial charge in [0.25, 0.3) is 0 Å². The van der Waals surface area contributed by atoms with Crippen molar-refractivity contribution in [1.82, 2.24) is 20.4 Å². The SMILES string of the molecule is CCNC(=NCC(C)(C)SC)NCCc1cnn(C)c1. The van der Waals surface area contributed by atoms with Crippen LogP contribution in [0.5, 0.6) is 0 Å². The number of aliphatic imine (C=N–C) groups is 1. The molecule has 1 heterocycles. The molecule has 0 aliphatic rings. The van der Waals surface area contributed by atoms with Crippen molar-refractivity contribution in [3.63, 3.8) is 0 Å².